The SMILES string of the molecule is CC1CC2CC3C(OC(=O)C(F)(F)Br)C3(C1)C2. The van der Waals surface area contributed by atoms with Gasteiger partial charge in [-0.1, -0.05) is 6.92 Å². The number of carbonyl (C=O) groups excluding carboxylic acids is 1. The van der Waals surface area contributed by atoms with Gasteiger partial charge in [-0.15, -0.1) is 0 Å². The highest BCUT2D eigenvalue weighted by molar-refractivity contribution is 9.10. The van der Waals surface area contributed by atoms with Gasteiger partial charge >= 0.3 is 10.8 Å². The maximum absolute atomic E-state index is 12.7. The van der Waals surface area contributed by atoms with Gasteiger partial charge in [0.1, 0.15) is 6.10 Å². The number of esters is 1. The van der Waals surface area contributed by atoms with Crippen LogP contribution in [-0.4, -0.2) is 16.9 Å². The Kier molecular flexibility index (Phi) is 2.39. The molecule has 3 aliphatic carbocycles. The summed E-state index contributed by atoms with van der Waals surface area (Å²) in [4.78, 5) is 7.62. The molecule has 0 amide bonds. The van der Waals surface area contributed by atoms with Gasteiger partial charge in [-0.25, -0.2) is 4.79 Å². The molecule has 0 saturated heterocycles. The van der Waals surface area contributed by atoms with Gasteiger partial charge in [0.25, 0.3) is 0 Å². The van der Waals surface area contributed by atoms with Crippen LogP contribution < -0.4 is 0 Å². The normalized spacial score (nSPS) is 47.5. The lowest BCUT2D eigenvalue weighted by atomic mass is 9.77. The van der Waals surface area contributed by atoms with Gasteiger partial charge in [0.2, 0.25) is 0 Å². The Morgan fingerprint density at radius 2 is 2.12 bits per heavy atom. The van der Waals surface area contributed by atoms with Crippen LogP contribution in [0, 0.1) is 23.2 Å². The molecule has 3 fully saturated rings. The first-order valence-electron chi connectivity index (χ1n) is 6.11. The third kappa shape index (κ3) is 1.72. The van der Waals surface area contributed by atoms with Crippen LogP contribution in [0.5, 0.6) is 0 Å². The molecular formula is C12H15BrF2O2. The third-order valence-electron chi connectivity index (χ3n) is 4.75. The lowest BCUT2D eigenvalue weighted by Crippen LogP contribution is -2.29. The molecule has 0 heterocycles. The summed E-state index contributed by atoms with van der Waals surface area (Å²) in [6, 6.07) is 0. The second-order valence-corrected chi connectivity index (χ2v) is 7.01. The van der Waals surface area contributed by atoms with E-state index in [1.54, 1.807) is 0 Å². The van der Waals surface area contributed by atoms with Crippen LogP contribution in [0.3, 0.4) is 0 Å². The van der Waals surface area contributed by atoms with Crippen molar-refractivity contribution in [3.05, 3.63) is 0 Å². The third-order valence-corrected chi connectivity index (χ3v) is 5.07. The molecule has 1 spiro atoms. The molecule has 0 N–H and O–H groups in total. The monoisotopic (exact) mass is 308 g/mol. The van der Waals surface area contributed by atoms with Gasteiger partial charge in [-0.2, -0.15) is 8.78 Å². The highest BCUT2D eigenvalue weighted by atomic mass is 79.9. The van der Waals surface area contributed by atoms with Crippen LogP contribution in [0.2, 0.25) is 0 Å². The zero-order valence-corrected chi connectivity index (χ0v) is 11.2. The Hall–Kier alpha value is -0.190. The van der Waals surface area contributed by atoms with E-state index in [2.05, 4.69) is 6.92 Å². The molecule has 5 atom stereocenters. The van der Waals surface area contributed by atoms with Crippen molar-refractivity contribution in [2.24, 2.45) is 23.2 Å². The van der Waals surface area contributed by atoms with E-state index in [1.165, 1.54) is 6.42 Å². The molecule has 3 rings (SSSR count). The van der Waals surface area contributed by atoms with Gasteiger partial charge in [0, 0.05) is 27.3 Å². The fraction of sp³-hybridized carbons (Fsp3) is 0.917. The van der Waals surface area contributed by atoms with Crippen LogP contribution >= 0.6 is 15.9 Å². The molecule has 3 saturated carbocycles. The Bertz CT molecular complexity index is 368. The molecule has 2 nitrogen and oxygen atoms in total. The summed E-state index contributed by atoms with van der Waals surface area (Å²) < 4.78 is 30.4. The molecule has 2 bridgehead atoms. The van der Waals surface area contributed by atoms with Gasteiger partial charge in [-0.05, 0) is 37.5 Å². The van der Waals surface area contributed by atoms with E-state index in [0.29, 0.717) is 11.8 Å². The first-order chi connectivity index (χ1) is 7.83. The van der Waals surface area contributed by atoms with Crippen LogP contribution in [-0.2, 0) is 9.53 Å². The van der Waals surface area contributed by atoms with Crippen LogP contribution in [0.15, 0.2) is 0 Å². The zero-order valence-electron chi connectivity index (χ0n) is 9.59. The minimum atomic E-state index is -3.54. The number of ether oxygens (including phenoxy) is 1. The van der Waals surface area contributed by atoms with Crippen LogP contribution in [0.1, 0.15) is 32.6 Å². The minimum absolute atomic E-state index is 0.0518. The second kappa shape index (κ2) is 3.43. The van der Waals surface area contributed by atoms with Crippen molar-refractivity contribution in [2.45, 2.75) is 43.5 Å². The largest absolute Gasteiger partial charge is 0.456 e. The van der Waals surface area contributed by atoms with Gasteiger partial charge in [0.05, 0.1) is 0 Å². The summed E-state index contributed by atoms with van der Waals surface area (Å²) in [7, 11) is 0. The second-order valence-electron chi connectivity index (χ2n) is 6.01. The molecule has 0 aromatic carbocycles. The smallest absolute Gasteiger partial charge is 0.396 e. The molecule has 5 unspecified atom stereocenters. The Morgan fingerprint density at radius 3 is 2.76 bits per heavy atom. The first-order valence-corrected chi connectivity index (χ1v) is 6.90. The van der Waals surface area contributed by atoms with E-state index in [4.69, 9.17) is 4.74 Å². The molecule has 96 valence electrons. The van der Waals surface area contributed by atoms with E-state index >= 15 is 0 Å². The predicted molar refractivity (Wildman–Crippen MR) is 60.8 cm³/mol. The summed E-state index contributed by atoms with van der Waals surface area (Å²) in [5.74, 6) is 0.271. The standard InChI is InChI=1S/C12H15BrF2O2/c1-6-2-7-3-8-9(11(8,4-6)5-7)17-10(16)12(13,14)15/h6-9H,2-5H2,1H3. The molecule has 5 heteroatoms. The lowest BCUT2D eigenvalue weighted by Gasteiger charge is -2.30. The van der Waals surface area contributed by atoms with E-state index in [0.717, 1.165) is 25.2 Å². The highest BCUT2D eigenvalue weighted by Crippen LogP contribution is 2.73. The van der Waals surface area contributed by atoms with E-state index in [1.807, 2.05) is 15.9 Å². The van der Waals surface area contributed by atoms with Crippen molar-refractivity contribution in [3.8, 4) is 0 Å². The predicted octanol–water partition coefficient (Wildman–Crippen LogP) is 3.34. The molecule has 0 radical (unpaired) electrons. The fourth-order valence-corrected chi connectivity index (χ4v) is 4.45. The highest BCUT2D eigenvalue weighted by Gasteiger charge is 2.73. The summed E-state index contributed by atoms with van der Waals surface area (Å²) in [6.45, 7) is 2.20. The number of carbonyl (C=O) groups is 1. The molecule has 17 heavy (non-hydrogen) atoms. The lowest BCUT2D eigenvalue weighted by molar-refractivity contribution is -0.163. The zero-order chi connectivity index (χ0) is 12.4. The van der Waals surface area contributed by atoms with Gasteiger partial charge < -0.3 is 4.74 Å². The molecule has 0 aromatic heterocycles. The van der Waals surface area contributed by atoms with E-state index < -0.39 is 10.8 Å². The van der Waals surface area contributed by atoms with Gasteiger partial charge in [0.15, 0.2) is 0 Å². The van der Waals surface area contributed by atoms with Crippen molar-refractivity contribution in [1.29, 1.82) is 0 Å². The fourth-order valence-electron chi connectivity index (χ4n) is 4.36. The minimum Gasteiger partial charge on any atom is -0.456 e. The molecule has 0 aliphatic heterocycles. The summed E-state index contributed by atoms with van der Waals surface area (Å²) >= 11 is 2.05. The number of hydrogen-bond donors (Lipinski definition) is 0. The average molecular weight is 309 g/mol. The summed E-state index contributed by atoms with van der Waals surface area (Å²) in [5, 5.41) is 0. The van der Waals surface area contributed by atoms with E-state index in [-0.39, 0.29) is 11.5 Å². The number of alkyl halides is 3. The molecule has 3 aliphatic rings. The summed E-state index contributed by atoms with van der Waals surface area (Å²) in [5.41, 5.74) is 0.0518. The van der Waals surface area contributed by atoms with Crippen LogP contribution in [0.25, 0.3) is 0 Å². The first kappa shape index (κ1) is 11.9. The molecule has 0 aromatic rings. The topological polar surface area (TPSA) is 26.3 Å². The van der Waals surface area contributed by atoms with Crippen molar-refractivity contribution >= 4 is 21.9 Å². The maximum Gasteiger partial charge on any atom is 0.396 e. The Morgan fingerprint density at radius 1 is 1.41 bits per heavy atom. The Labute approximate surface area is 107 Å². The van der Waals surface area contributed by atoms with Crippen molar-refractivity contribution in [3.63, 3.8) is 0 Å². The van der Waals surface area contributed by atoms with Crippen LogP contribution in [0.4, 0.5) is 8.78 Å². The van der Waals surface area contributed by atoms with Gasteiger partial charge in [-0.3, -0.25) is 0 Å². The average Bonchev–Trinajstić information content (AvgIpc) is 2.61. The Balaban J connectivity index is 1.68. The summed E-state index contributed by atoms with van der Waals surface area (Å²) in [6.07, 6.45) is 4.13. The molecular weight excluding hydrogens is 294 g/mol. The number of fused-ring (bicyclic) bond motifs is 1. The van der Waals surface area contributed by atoms with Crippen molar-refractivity contribution in [2.75, 3.05) is 0 Å². The van der Waals surface area contributed by atoms with E-state index in [9.17, 15) is 13.6 Å². The number of rotatable bonds is 2. The maximum atomic E-state index is 12.7. The number of hydrogen-bond acceptors (Lipinski definition) is 2. The number of halogens is 3. The van der Waals surface area contributed by atoms with Crippen molar-refractivity contribution < 1.29 is 18.3 Å². The van der Waals surface area contributed by atoms with Crippen molar-refractivity contribution in [1.82, 2.24) is 0 Å². The quantitative estimate of drug-likeness (QED) is 0.578.